The second-order valence-electron chi connectivity index (χ2n) is 4.66. The van der Waals surface area contributed by atoms with E-state index in [1.165, 1.54) is 21.4 Å². The number of fused-ring (bicyclic) bond motifs is 1. The van der Waals surface area contributed by atoms with Crippen molar-refractivity contribution in [3.05, 3.63) is 43.6 Å². The zero-order chi connectivity index (χ0) is 15.0. The molecule has 0 aliphatic heterocycles. The lowest BCUT2D eigenvalue weighted by Crippen LogP contribution is -1.99. The first kappa shape index (κ1) is 13.5. The summed E-state index contributed by atoms with van der Waals surface area (Å²) < 4.78 is 4.63. The molecule has 1 N–H and O–H groups in total. The molecule has 0 radical (unpaired) electrons. The van der Waals surface area contributed by atoms with Gasteiger partial charge in [0.2, 0.25) is 5.52 Å². The molecule has 0 amide bonds. The van der Waals surface area contributed by atoms with Gasteiger partial charge in [0.25, 0.3) is 0 Å². The van der Waals surface area contributed by atoms with Crippen LogP contribution < -0.4 is 5.32 Å². The van der Waals surface area contributed by atoms with Crippen molar-refractivity contribution in [1.82, 2.24) is 10.3 Å². The molecule has 0 aliphatic carbocycles. The predicted octanol–water partition coefficient (Wildman–Crippen LogP) is 3.42. The van der Waals surface area contributed by atoms with Crippen molar-refractivity contribution < 1.29 is 9.55 Å². The summed E-state index contributed by atoms with van der Waals surface area (Å²) in [6.45, 7) is 4.77. The summed E-state index contributed by atoms with van der Waals surface area (Å²) >= 11 is 1.72. The third kappa shape index (κ3) is 2.45. The molecule has 0 bridgehead atoms. The fourth-order valence-electron chi connectivity index (χ4n) is 2.06. The summed E-state index contributed by atoms with van der Waals surface area (Å²) in [5.41, 5.74) is 2.34. The smallest absolute Gasteiger partial charge is 0.300 e. The van der Waals surface area contributed by atoms with E-state index in [0.29, 0.717) is 17.7 Å². The number of non-ortho nitro benzene ring substituents is 1. The highest BCUT2D eigenvalue weighted by molar-refractivity contribution is 7.12. The van der Waals surface area contributed by atoms with Crippen molar-refractivity contribution >= 4 is 33.7 Å². The first-order chi connectivity index (χ1) is 10.1. The first-order valence-electron chi connectivity index (χ1n) is 6.25. The number of aryl methyl sites for hydroxylation is 2. The highest BCUT2D eigenvalue weighted by atomic mass is 32.1. The summed E-state index contributed by atoms with van der Waals surface area (Å²) in [5.74, 6) is 0. The zero-order valence-corrected chi connectivity index (χ0v) is 12.2. The van der Waals surface area contributed by atoms with Crippen LogP contribution in [0, 0.1) is 24.0 Å². The maximum atomic E-state index is 10.9. The van der Waals surface area contributed by atoms with E-state index in [1.54, 1.807) is 17.4 Å². The van der Waals surface area contributed by atoms with Crippen LogP contribution >= 0.6 is 11.3 Å². The molecule has 7 nitrogen and oxygen atoms in total. The average Bonchev–Trinajstić information content (AvgIpc) is 3.03. The number of nitrogens with zero attached hydrogens (tertiary/aromatic N) is 3. The molecule has 108 valence electrons. The van der Waals surface area contributed by atoms with Crippen molar-refractivity contribution in [1.29, 1.82) is 0 Å². The van der Waals surface area contributed by atoms with Gasteiger partial charge in [0.05, 0.1) is 10.6 Å². The number of thiophene rings is 1. The van der Waals surface area contributed by atoms with Gasteiger partial charge < -0.3 is 5.32 Å². The molecular formula is C13H12N4O3S. The van der Waals surface area contributed by atoms with Crippen LogP contribution in [0.4, 0.5) is 11.4 Å². The van der Waals surface area contributed by atoms with Crippen LogP contribution in [0.3, 0.4) is 0 Å². The van der Waals surface area contributed by atoms with Gasteiger partial charge in [-0.15, -0.1) is 11.3 Å². The van der Waals surface area contributed by atoms with Crippen molar-refractivity contribution in [3.8, 4) is 0 Å². The molecule has 2 heterocycles. The van der Waals surface area contributed by atoms with E-state index in [-0.39, 0.29) is 11.2 Å². The summed E-state index contributed by atoms with van der Waals surface area (Å²) in [4.78, 5) is 12.9. The molecule has 0 saturated carbocycles. The number of nitrogens with one attached hydrogen (secondary N) is 1. The molecule has 21 heavy (non-hydrogen) atoms. The van der Waals surface area contributed by atoms with Crippen LogP contribution in [-0.2, 0) is 6.54 Å². The van der Waals surface area contributed by atoms with E-state index < -0.39 is 4.92 Å². The third-order valence-electron chi connectivity index (χ3n) is 3.26. The number of aromatic nitrogens is 2. The molecule has 0 saturated heterocycles. The standard InChI is InChI=1S/C13H12N4O3S/c1-7-5-9(21-8(7)2)6-14-10-3-4-11(17(18)19)13-12(10)15-20-16-13/h3-5,14H,6H2,1-2H3. The van der Waals surface area contributed by atoms with Gasteiger partial charge in [0, 0.05) is 22.4 Å². The number of nitro groups is 1. The second kappa shape index (κ2) is 5.13. The van der Waals surface area contributed by atoms with Gasteiger partial charge in [-0.25, -0.2) is 4.63 Å². The molecule has 0 fully saturated rings. The molecule has 8 heteroatoms. The number of hydrogen-bond acceptors (Lipinski definition) is 7. The number of benzene rings is 1. The van der Waals surface area contributed by atoms with E-state index >= 15 is 0 Å². The molecule has 0 atom stereocenters. The zero-order valence-electron chi connectivity index (χ0n) is 11.4. The highest BCUT2D eigenvalue weighted by Gasteiger charge is 2.19. The monoisotopic (exact) mass is 304 g/mol. The van der Waals surface area contributed by atoms with Crippen LogP contribution in [0.25, 0.3) is 11.0 Å². The summed E-state index contributed by atoms with van der Waals surface area (Å²) in [7, 11) is 0. The Kier molecular flexibility index (Phi) is 3.30. The molecule has 2 aromatic heterocycles. The van der Waals surface area contributed by atoms with Crippen LogP contribution in [0.15, 0.2) is 22.8 Å². The van der Waals surface area contributed by atoms with Crippen molar-refractivity contribution in [2.24, 2.45) is 0 Å². The van der Waals surface area contributed by atoms with Crippen LogP contribution in [0.1, 0.15) is 15.3 Å². The van der Waals surface area contributed by atoms with Crippen LogP contribution in [0.5, 0.6) is 0 Å². The molecule has 3 rings (SSSR count). The maximum Gasteiger partial charge on any atom is 0.300 e. The van der Waals surface area contributed by atoms with Gasteiger partial charge in [0.15, 0.2) is 5.52 Å². The Labute approximate surface area is 123 Å². The molecule has 3 aromatic rings. The fourth-order valence-corrected chi connectivity index (χ4v) is 3.06. The normalized spacial score (nSPS) is 11.0. The quantitative estimate of drug-likeness (QED) is 0.586. The molecule has 0 aliphatic rings. The van der Waals surface area contributed by atoms with Gasteiger partial charge in [-0.2, -0.15) is 0 Å². The highest BCUT2D eigenvalue weighted by Crippen LogP contribution is 2.29. The third-order valence-corrected chi connectivity index (χ3v) is 4.41. The van der Waals surface area contributed by atoms with Crippen molar-refractivity contribution in [2.45, 2.75) is 20.4 Å². The number of anilines is 1. The minimum absolute atomic E-state index is 0.111. The second-order valence-corrected chi connectivity index (χ2v) is 6.00. The Morgan fingerprint density at radius 3 is 2.76 bits per heavy atom. The van der Waals surface area contributed by atoms with E-state index in [9.17, 15) is 10.1 Å². The predicted molar refractivity (Wildman–Crippen MR) is 79.6 cm³/mol. The number of hydrogen-bond donors (Lipinski definition) is 1. The molecule has 0 spiro atoms. The minimum Gasteiger partial charge on any atom is -0.378 e. The van der Waals surface area contributed by atoms with Crippen molar-refractivity contribution in [3.63, 3.8) is 0 Å². The van der Waals surface area contributed by atoms with E-state index in [2.05, 4.69) is 40.2 Å². The van der Waals surface area contributed by atoms with Gasteiger partial charge in [-0.3, -0.25) is 10.1 Å². The van der Waals surface area contributed by atoms with Gasteiger partial charge in [0.1, 0.15) is 0 Å². The summed E-state index contributed by atoms with van der Waals surface area (Å²) in [6, 6.07) is 5.15. The average molecular weight is 304 g/mol. The topological polar surface area (TPSA) is 94.1 Å². The van der Waals surface area contributed by atoms with Crippen molar-refractivity contribution in [2.75, 3.05) is 5.32 Å². The Morgan fingerprint density at radius 2 is 2.10 bits per heavy atom. The Balaban J connectivity index is 1.89. The minimum atomic E-state index is -0.498. The van der Waals surface area contributed by atoms with Crippen LogP contribution in [0.2, 0.25) is 0 Å². The van der Waals surface area contributed by atoms with Gasteiger partial charge >= 0.3 is 5.69 Å². The molecule has 0 unspecified atom stereocenters. The Bertz CT molecular complexity index is 805. The largest absolute Gasteiger partial charge is 0.378 e. The SMILES string of the molecule is Cc1cc(CNc2ccc([N+](=O)[O-])c3nonc23)sc1C. The summed E-state index contributed by atoms with van der Waals surface area (Å²) in [5, 5.41) is 21.5. The number of nitro benzene ring substituents is 1. The lowest BCUT2D eigenvalue weighted by molar-refractivity contribution is -0.383. The van der Waals surface area contributed by atoms with E-state index in [4.69, 9.17) is 0 Å². The number of rotatable bonds is 4. The molecular weight excluding hydrogens is 292 g/mol. The Hall–Kier alpha value is -2.48. The first-order valence-corrected chi connectivity index (χ1v) is 7.07. The lowest BCUT2D eigenvalue weighted by atomic mass is 10.2. The van der Waals surface area contributed by atoms with E-state index in [0.717, 1.165) is 0 Å². The lowest BCUT2D eigenvalue weighted by Gasteiger charge is -2.04. The van der Waals surface area contributed by atoms with Gasteiger partial charge in [-0.05, 0) is 41.9 Å². The van der Waals surface area contributed by atoms with Gasteiger partial charge in [-0.1, -0.05) is 0 Å². The maximum absolute atomic E-state index is 10.9. The van der Waals surface area contributed by atoms with E-state index in [1.807, 2.05) is 0 Å². The molecule has 1 aromatic carbocycles. The van der Waals surface area contributed by atoms with Crippen LogP contribution in [-0.4, -0.2) is 15.2 Å². The summed E-state index contributed by atoms with van der Waals surface area (Å²) in [6.07, 6.45) is 0. The fraction of sp³-hybridized carbons (Fsp3) is 0.231. The Morgan fingerprint density at radius 1 is 1.33 bits per heavy atom.